The summed E-state index contributed by atoms with van der Waals surface area (Å²) in [7, 11) is 4.05. The van der Waals surface area contributed by atoms with Gasteiger partial charge in [-0.15, -0.1) is 0 Å². The molecular formula is C17H21FN2O2. The molecule has 1 aliphatic rings. The normalized spacial score (nSPS) is 22.0. The van der Waals surface area contributed by atoms with E-state index in [4.69, 9.17) is 4.42 Å². The van der Waals surface area contributed by atoms with Crippen LogP contribution in [-0.4, -0.2) is 48.9 Å². The van der Waals surface area contributed by atoms with E-state index in [1.54, 1.807) is 24.0 Å². The van der Waals surface area contributed by atoms with Gasteiger partial charge in [0.2, 0.25) is 0 Å². The first kappa shape index (κ1) is 15.0. The van der Waals surface area contributed by atoms with Crippen molar-refractivity contribution >= 4 is 16.9 Å². The van der Waals surface area contributed by atoms with Crippen LogP contribution in [0.4, 0.5) is 4.39 Å². The highest BCUT2D eigenvalue weighted by Gasteiger charge is 2.35. The third kappa shape index (κ3) is 2.29. The summed E-state index contributed by atoms with van der Waals surface area (Å²) in [6.45, 7) is 5.32. The van der Waals surface area contributed by atoms with Gasteiger partial charge >= 0.3 is 0 Å². The van der Waals surface area contributed by atoms with Gasteiger partial charge in [-0.25, -0.2) is 4.39 Å². The molecule has 3 rings (SSSR count). The Morgan fingerprint density at radius 1 is 1.36 bits per heavy atom. The van der Waals surface area contributed by atoms with Crippen molar-refractivity contribution in [3.05, 3.63) is 35.3 Å². The highest BCUT2D eigenvalue weighted by molar-refractivity contribution is 5.99. The van der Waals surface area contributed by atoms with E-state index in [2.05, 4.69) is 11.8 Å². The van der Waals surface area contributed by atoms with E-state index in [1.807, 2.05) is 14.1 Å². The van der Waals surface area contributed by atoms with Crippen LogP contribution in [0.5, 0.6) is 0 Å². The Labute approximate surface area is 129 Å². The number of amides is 1. The van der Waals surface area contributed by atoms with E-state index in [1.165, 1.54) is 6.07 Å². The molecule has 1 aromatic heterocycles. The summed E-state index contributed by atoms with van der Waals surface area (Å²) in [5.41, 5.74) is 0.875. The molecular weight excluding hydrogens is 283 g/mol. The molecule has 0 radical (unpaired) electrons. The lowest BCUT2D eigenvalue weighted by atomic mass is 10.1. The van der Waals surface area contributed by atoms with E-state index >= 15 is 0 Å². The minimum absolute atomic E-state index is 0.149. The fraction of sp³-hybridized carbons (Fsp3) is 0.471. The molecule has 2 heterocycles. The summed E-state index contributed by atoms with van der Waals surface area (Å²) < 4.78 is 19.4. The Balaban J connectivity index is 1.94. The number of aryl methyl sites for hydroxylation is 1. The molecule has 2 aromatic rings. The van der Waals surface area contributed by atoms with Gasteiger partial charge in [-0.05, 0) is 33.0 Å². The van der Waals surface area contributed by atoms with E-state index < -0.39 is 5.82 Å². The summed E-state index contributed by atoms with van der Waals surface area (Å²) in [6, 6.07) is 5.10. The third-order valence-corrected chi connectivity index (χ3v) is 4.63. The maximum Gasteiger partial charge on any atom is 0.289 e. The number of benzene rings is 1. The summed E-state index contributed by atoms with van der Waals surface area (Å²) in [5.74, 6) is 0.0805. The van der Waals surface area contributed by atoms with Crippen LogP contribution in [0.15, 0.2) is 22.6 Å². The zero-order valence-electron chi connectivity index (χ0n) is 13.4. The fourth-order valence-electron chi connectivity index (χ4n) is 3.34. The van der Waals surface area contributed by atoms with E-state index in [-0.39, 0.29) is 17.3 Å². The largest absolute Gasteiger partial charge is 0.448 e. The first-order chi connectivity index (χ1) is 10.4. The molecule has 0 saturated carbocycles. The molecule has 1 aliphatic heterocycles. The number of rotatable bonds is 2. The standard InChI is InChI=1S/C17H21FN2O2/c1-10-8-20(9-14(10)19(3)4)17(21)15-11(2)12-6-5-7-13(18)16(12)22-15/h5-7,10,14H,8-9H2,1-4H3/t10-,14+/m1/s1. The van der Waals surface area contributed by atoms with Gasteiger partial charge in [-0.2, -0.15) is 0 Å². The summed E-state index contributed by atoms with van der Waals surface area (Å²) in [6.07, 6.45) is 0. The first-order valence-corrected chi connectivity index (χ1v) is 7.53. The first-order valence-electron chi connectivity index (χ1n) is 7.53. The van der Waals surface area contributed by atoms with Crippen molar-refractivity contribution < 1.29 is 13.6 Å². The number of nitrogens with zero attached hydrogens (tertiary/aromatic N) is 2. The predicted octanol–water partition coefficient (Wildman–Crippen LogP) is 2.90. The van der Waals surface area contributed by atoms with Crippen molar-refractivity contribution in [1.82, 2.24) is 9.80 Å². The van der Waals surface area contributed by atoms with E-state index in [0.29, 0.717) is 36.0 Å². The molecule has 5 heteroatoms. The number of halogens is 1. The lowest BCUT2D eigenvalue weighted by Gasteiger charge is -2.22. The smallest absolute Gasteiger partial charge is 0.289 e. The average molecular weight is 304 g/mol. The molecule has 1 aromatic carbocycles. The summed E-state index contributed by atoms with van der Waals surface area (Å²) in [5, 5.41) is 0.666. The van der Waals surface area contributed by atoms with Gasteiger partial charge < -0.3 is 14.2 Å². The number of furan rings is 1. The van der Waals surface area contributed by atoms with Crippen molar-refractivity contribution in [1.29, 1.82) is 0 Å². The second-order valence-corrected chi connectivity index (χ2v) is 6.39. The number of hydrogen-bond donors (Lipinski definition) is 0. The Hall–Kier alpha value is -1.88. The molecule has 2 atom stereocenters. The van der Waals surface area contributed by atoms with Crippen LogP contribution in [0, 0.1) is 18.7 Å². The molecule has 0 unspecified atom stereocenters. The molecule has 1 amide bonds. The lowest BCUT2D eigenvalue weighted by Crippen LogP contribution is -2.35. The highest BCUT2D eigenvalue weighted by atomic mass is 19.1. The van der Waals surface area contributed by atoms with Gasteiger partial charge in [0.1, 0.15) is 0 Å². The Morgan fingerprint density at radius 3 is 2.68 bits per heavy atom. The monoisotopic (exact) mass is 304 g/mol. The van der Waals surface area contributed by atoms with Crippen LogP contribution >= 0.6 is 0 Å². The second kappa shape index (κ2) is 5.39. The zero-order chi connectivity index (χ0) is 16.0. The van der Waals surface area contributed by atoms with Gasteiger partial charge in [-0.3, -0.25) is 4.79 Å². The van der Waals surface area contributed by atoms with E-state index in [0.717, 1.165) is 0 Å². The number of likely N-dealkylation sites (N-methyl/N-ethyl adjacent to an activating group) is 1. The number of fused-ring (bicyclic) bond motifs is 1. The summed E-state index contributed by atoms with van der Waals surface area (Å²) >= 11 is 0. The quantitative estimate of drug-likeness (QED) is 0.856. The molecule has 0 bridgehead atoms. The zero-order valence-corrected chi connectivity index (χ0v) is 13.4. The van der Waals surface area contributed by atoms with Crippen molar-refractivity contribution in [2.75, 3.05) is 27.2 Å². The van der Waals surface area contributed by atoms with Gasteiger partial charge in [0, 0.05) is 30.1 Å². The minimum Gasteiger partial charge on any atom is -0.448 e. The van der Waals surface area contributed by atoms with Gasteiger partial charge in [0.15, 0.2) is 17.2 Å². The van der Waals surface area contributed by atoms with Crippen molar-refractivity contribution in [2.45, 2.75) is 19.9 Å². The van der Waals surface area contributed by atoms with Gasteiger partial charge in [0.05, 0.1) is 0 Å². The summed E-state index contributed by atoms with van der Waals surface area (Å²) in [4.78, 5) is 16.7. The maximum absolute atomic E-state index is 13.8. The fourth-order valence-corrected chi connectivity index (χ4v) is 3.34. The van der Waals surface area contributed by atoms with Crippen LogP contribution < -0.4 is 0 Å². The number of hydrogen-bond acceptors (Lipinski definition) is 3. The Kier molecular flexibility index (Phi) is 3.68. The third-order valence-electron chi connectivity index (χ3n) is 4.63. The lowest BCUT2D eigenvalue weighted by molar-refractivity contribution is 0.0751. The average Bonchev–Trinajstić information content (AvgIpc) is 3.01. The number of para-hydroxylation sites is 1. The topological polar surface area (TPSA) is 36.7 Å². The Morgan fingerprint density at radius 2 is 2.09 bits per heavy atom. The second-order valence-electron chi connectivity index (χ2n) is 6.39. The molecule has 1 saturated heterocycles. The number of carbonyl (C=O) groups is 1. The van der Waals surface area contributed by atoms with Crippen molar-refractivity contribution in [3.63, 3.8) is 0 Å². The molecule has 0 spiro atoms. The highest BCUT2D eigenvalue weighted by Crippen LogP contribution is 2.30. The predicted molar refractivity (Wildman–Crippen MR) is 83.5 cm³/mol. The van der Waals surface area contributed by atoms with Crippen LogP contribution in [0.3, 0.4) is 0 Å². The molecule has 4 nitrogen and oxygen atoms in total. The SMILES string of the molecule is Cc1c(C(=O)N2C[C@@H](C)[C@@H](N(C)C)C2)oc2c(F)cccc12. The molecule has 0 N–H and O–H groups in total. The van der Waals surface area contributed by atoms with Crippen LogP contribution in [-0.2, 0) is 0 Å². The van der Waals surface area contributed by atoms with E-state index in [9.17, 15) is 9.18 Å². The van der Waals surface area contributed by atoms with Crippen LogP contribution in [0.1, 0.15) is 23.0 Å². The molecule has 0 aliphatic carbocycles. The minimum atomic E-state index is -0.430. The van der Waals surface area contributed by atoms with Crippen molar-refractivity contribution in [2.24, 2.45) is 5.92 Å². The van der Waals surface area contributed by atoms with Gasteiger partial charge in [-0.1, -0.05) is 19.1 Å². The van der Waals surface area contributed by atoms with Crippen LogP contribution in [0.25, 0.3) is 11.0 Å². The number of likely N-dealkylation sites (tertiary alicyclic amines) is 1. The molecule has 118 valence electrons. The Bertz CT molecular complexity index is 723. The molecule has 22 heavy (non-hydrogen) atoms. The number of carbonyl (C=O) groups excluding carboxylic acids is 1. The molecule has 1 fully saturated rings. The van der Waals surface area contributed by atoms with Crippen molar-refractivity contribution in [3.8, 4) is 0 Å². The maximum atomic E-state index is 13.8. The van der Waals surface area contributed by atoms with Crippen LogP contribution in [0.2, 0.25) is 0 Å². The van der Waals surface area contributed by atoms with Gasteiger partial charge in [0.25, 0.3) is 5.91 Å².